The maximum atomic E-state index is 12.0. The highest BCUT2D eigenvalue weighted by atomic mass is 16.2. The quantitative estimate of drug-likeness (QED) is 0.774. The van der Waals surface area contributed by atoms with Gasteiger partial charge in [0.25, 0.3) is 0 Å². The Balaban J connectivity index is 2.76. The zero-order valence-electron chi connectivity index (χ0n) is 10.1. The van der Waals surface area contributed by atoms with Crippen molar-refractivity contribution in [3.63, 3.8) is 0 Å². The van der Waals surface area contributed by atoms with Crippen LogP contribution in [0.25, 0.3) is 0 Å². The molecule has 6 nitrogen and oxygen atoms in total. The summed E-state index contributed by atoms with van der Waals surface area (Å²) in [5, 5.41) is 4.13. The van der Waals surface area contributed by atoms with Crippen LogP contribution in [0.4, 0.5) is 0 Å². The van der Waals surface area contributed by atoms with E-state index in [4.69, 9.17) is 5.73 Å². The van der Waals surface area contributed by atoms with Crippen LogP contribution < -0.4 is 5.73 Å². The lowest BCUT2D eigenvalue weighted by molar-refractivity contribution is -0.134. The van der Waals surface area contributed by atoms with Gasteiger partial charge in [-0.1, -0.05) is 0 Å². The summed E-state index contributed by atoms with van der Waals surface area (Å²) in [5.41, 5.74) is 5.42. The van der Waals surface area contributed by atoms with E-state index in [-0.39, 0.29) is 11.9 Å². The number of carbonyl (C=O) groups is 1. The topological polar surface area (TPSA) is 77.0 Å². The first kappa shape index (κ1) is 12.6. The van der Waals surface area contributed by atoms with Gasteiger partial charge in [0.05, 0.1) is 6.54 Å². The van der Waals surface area contributed by atoms with E-state index >= 15 is 0 Å². The molecule has 0 radical (unpaired) electrons. The van der Waals surface area contributed by atoms with Gasteiger partial charge in [-0.2, -0.15) is 5.10 Å². The normalized spacial score (nSPS) is 12.5. The van der Waals surface area contributed by atoms with E-state index in [2.05, 4.69) is 10.1 Å². The minimum absolute atomic E-state index is 0.0541. The number of hydrogen-bond donors (Lipinski definition) is 1. The number of nitrogens with zero attached hydrogens (tertiary/aromatic N) is 4. The number of amides is 1. The Kier molecular flexibility index (Phi) is 4.42. The number of nitrogens with two attached hydrogens (primary N) is 1. The summed E-state index contributed by atoms with van der Waals surface area (Å²) in [6.45, 7) is 7.44. The Hall–Kier alpha value is -1.43. The van der Waals surface area contributed by atoms with Crippen LogP contribution in [0.5, 0.6) is 0 Å². The van der Waals surface area contributed by atoms with Crippen LogP contribution in [-0.4, -0.2) is 38.7 Å². The fraction of sp³-hybridized carbons (Fsp3) is 0.700. The zero-order valence-corrected chi connectivity index (χ0v) is 10.1. The SMILES string of the molecule is CCN(CC)C(=O)C(C)n1cnc(CN)n1. The minimum atomic E-state index is -0.326. The molecule has 0 aromatic carbocycles. The predicted octanol–water partition coefficient (Wildman–Crippen LogP) is 0.166. The molecule has 0 saturated carbocycles. The maximum absolute atomic E-state index is 12.0. The molecule has 0 aliphatic carbocycles. The van der Waals surface area contributed by atoms with Crippen molar-refractivity contribution in [3.05, 3.63) is 12.2 Å². The largest absolute Gasteiger partial charge is 0.341 e. The van der Waals surface area contributed by atoms with E-state index in [1.54, 1.807) is 15.9 Å². The van der Waals surface area contributed by atoms with Crippen LogP contribution in [0.15, 0.2) is 6.33 Å². The van der Waals surface area contributed by atoms with Gasteiger partial charge in [0.15, 0.2) is 5.82 Å². The lowest BCUT2D eigenvalue weighted by Crippen LogP contribution is -2.36. The van der Waals surface area contributed by atoms with Gasteiger partial charge in [0.1, 0.15) is 12.4 Å². The third-order valence-electron chi connectivity index (χ3n) is 2.57. The molecule has 1 rings (SSSR count). The van der Waals surface area contributed by atoms with Crippen LogP contribution in [0.1, 0.15) is 32.6 Å². The van der Waals surface area contributed by atoms with Crippen molar-refractivity contribution in [2.75, 3.05) is 13.1 Å². The summed E-state index contributed by atoms with van der Waals surface area (Å²) in [6.07, 6.45) is 1.55. The summed E-state index contributed by atoms with van der Waals surface area (Å²) in [6, 6.07) is -0.326. The van der Waals surface area contributed by atoms with E-state index in [9.17, 15) is 4.79 Å². The Morgan fingerprint density at radius 1 is 1.56 bits per heavy atom. The molecule has 0 bridgehead atoms. The number of rotatable bonds is 5. The van der Waals surface area contributed by atoms with Crippen LogP contribution >= 0.6 is 0 Å². The second kappa shape index (κ2) is 5.60. The van der Waals surface area contributed by atoms with Crippen molar-refractivity contribution in [2.45, 2.75) is 33.4 Å². The Bertz CT molecular complexity index is 345. The first-order chi connectivity index (χ1) is 7.63. The van der Waals surface area contributed by atoms with Crippen LogP contribution in [0, 0.1) is 0 Å². The first-order valence-electron chi connectivity index (χ1n) is 5.52. The molecule has 2 N–H and O–H groups in total. The summed E-state index contributed by atoms with van der Waals surface area (Å²) >= 11 is 0. The fourth-order valence-corrected chi connectivity index (χ4v) is 1.50. The summed E-state index contributed by atoms with van der Waals surface area (Å²) < 4.78 is 1.56. The molecule has 16 heavy (non-hydrogen) atoms. The van der Waals surface area contributed by atoms with Gasteiger partial charge in [-0.3, -0.25) is 4.79 Å². The van der Waals surface area contributed by atoms with Crippen molar-refractivity contribution < 1.29 is 4.79 Å². The summed E-state index contributed by atoms with van der Waals surface area (Å²) in [7, 11) is 0. The molecular formula is C10H19N5O. The molecule has 1 aromatic heterocycles. The average Bonchev–Trinajstić information content (AvgIpc) is 2.78. The van der Waals surface area contributed by atoms with Gasteiger partial charge in [-0.05, 0) is 20.8 Å². The highest BCUT2D eigenvalue weighted by Crippen LogP contribution is 2.08. The molecule has 0 aliphatic heterocycles. The molecule has 0 fully saturated rings. The molecule has 0 spiro atoms. The zero-order chi connectivity index (χ0) is 12.1. The highest BCUT2D eigenvalue weighted by Gasteiger charge is 2.20. The van der Waals surface area contributed by atoms with Gasteiger partial charge in [0.2, 0.25) is 5.91 Å². The van der Waals surface area contributed by atoms with Gasteiger partial charge in [-0.15, -0.1) is 0 Å². The van der Waals surface area contributed by atoms with Gasteiger partial charge in [0, 0.05) is 13.1 Å². The molecular weight excluding hydrogens is 206 g/mol. The maximum Gasteiger partial charge on any atom is 0.247 e. The van der Waals surface area contributed by atoms with Crippen LogP contribution in [0.3, 0.4) is 0 Å². The third kappa shape index (κ3) is 2.57. The smallest absolute Gasteiger partial charge is 0.247 e. The van der Waals surface area contributed by atoms with Crippen LogP contribution in [-0.2, 0) is 11.3 Å². The molecule has 1 amide bonds. The molecule has 0 aliphatic rings. The third-order valence-corrected chi connectivity index (χ3v) is 2.57. The predicted molar refractivity (Wildman–Crippen MR) is 60.6 cm³/mol. The molecule has 0 saturated heterocycles. The Morgan fingerprint density at radius 2 is 2.19 bits per heavy atom. The van der Waals surface area contributed by atoms with Crippen molar-refractivity contribution in [3.8, 4) is 0 Å². The van der Waals surface area contributed by atoms with Crippen molar-refractivity contribution in [1.29, 1.82) is 0 Å². The lowest BCUT2D eigenvalue weighted by Gasteiger charge is -2.22. The van der Waals surface area contributed by atoms with Crippen LogP contribution in [0.2, 0.25) is 0 Å². The summed E-state index contributed by atoms with van der Waals surface area (Å²) in [4.78, 5) is 17.8. The van der Waals surface area contributed by atoms with E-state index in [1.165, 1.54) is 0 Å². The molecule has 1 atom stereocenters. The van der Waals surface area contributed by atoms with Gasteiger partial charge < -0.3 is 10.6 Å². The number of carbonyl (C=O) groups excluding carboxylic acids is 1. The van der Waals surface area contributed by atoms with Crippen molar-refractivity contribution in [2.24, 2.45) is 5.73 Å². The first-order valence-corrected chi connectivity index (χ1v) is 5.52. The van der Waals surface area contributed by atoms with Gasteiger partial charge >= 0.3 is 0 Å². The molecule has 6 heteroatoms. The van der Waals surface area contributed by atoms with Crippen molar-refractivity contribution in [1.82, 2.24) is 19.7 Å². The van der Waals surface area contributed by atoms with Gasteiger partial charge in [-0.25, -0.2) is 9.67 Å². The number of likely N-dealkylation sites (N-methyl/N-ethyl adjacent to an activating group) is 1. The Labute approximate surface area is 95.4 Å². The summed E-state index contributed by atoms with van der Waals surface area (Å²) in [5.74, 6) is 0.609. The molecule has 1 aromatic rings. The Morgan fingerprint density at radius 3 is 2.62 bits per heavy atom. The standard InChI is InChI=1S/C10H19N5O/c1-4-14(5-2)10(16)8(3)15-7-12-9(6-11)13-15/h7-8H,4-6,11H2,1-3H3. The monoisotopic (exact) mass is 225 g/mol. The average molecular weight is 225 g/mol. The number of aromatic nitrogens is 3. The highest BCUT2D eigenvalue weighted by molar-refractivity contribution is 5.79. The van der Waals surface area contributed by atoms with E-state index in [0.29, 0.717) is 25.5 Å². The van der Waals surface area contributed by atoms with E-state index < -0.39 is 0 Å². The molecule has 1 unspecified atom stereocenters. The van der Waals surface area contributed by atoms with E-state index in [1.807, 2.05) is 20.8 Å². The second-order valence-corrected chi connectivity index (χ2v) is 3.53. The molecule has 90 valence electrons. The fourth-order valence-electron chi connectivity index (χ4n) is 1.50. The van der Waals surface area contributed by atoms with E-state index in [0.717, 1.165) is 0 Å². The second-order valence-electron chi connectivity index (χ2n) is 3.53. The number of hydrogen-bond acceptors (Lipinski definition) is 4. The molecule has 1 heterocycles. The lowest BCUT2D eigenvalue weighted by atomic mass is 10.3. The van der Waals surface area contributed by atoms with Crippen molar-refractivity contribution >= 4 is 5.91 Å². The minimum Gasteiger partial charge on any atom is -0.341 e.